The number of ketones is 2. The van der Waals surface area contributed by atoms with Crippen molar-refractivity contribution in [1.29, 1.82) is 0 Å². The fourth-order valence-electron chi connectivity index (χ4n) is 6.92. The molecule has 4 nitrogen and oxygen atoms in total. The summed E-state index contributed by atoms with van der Waals surface area (Å²) in [6.45, 7) is 4.46. The molecule has 0 saturated heterocycles. The van der Waals surface area contributed by atoms with E-state index in [0.717, 1.165) is 25.0 Å². The van der Waals surface area contributed by atoms with E-state index < -0.39 is 0 Å². The molecule has 0 unspecified atom stereocenters. The molecule has 4 rings (SSSR count). The maximum atomic E-state index is 13.0. The van der Waals surface area contributed by atoms with Gasteiger partial charge in [0.05, 0.1) is 5.71 Å². The summed E-state index contributed by atoms with van der Waals surface area (Å²) in [5, 5.41) is 4.23. The number of oxime groups is 1. The first kappa shape index (κ1) is 18.9. The van der Waals surface area contributed by atoms with Crippen molar-refractivity contribution in [2.24, 2.45) is 39.7 Å². The molecule has 140 valence electrons. The number of hydrogen-bond acceptors (Lipinski definition) is 4. The second-order valence-electron chi connectivity index (χ2n) is 9.04. The van der Waals surface area contributed by atoms with Gasteiger partial charge in [0.25, 0.3) is 0 Å². The first-order valence-corrected chi connectivity index (χ1v) is 9.58. The van der Waals surface area contributed by atoms with E-state index in [1.165, 1.54) is 19.3 Å². The van der Waals surface area contributed by atoms with Crippen molar-refractivity contribution in [1.82, 2.24) is 0 Å². The van der Waals surface area contributed by atoms with Crippen LogP contribution in [0.1, 0.15) is 65.2 Å². The summed E-state index contributed by atoms with van der Waals surface area (Å²) >= 11 is 0. The summed E-state index contributed by atoms with van der Waals surface area (Å²) in [5.41, 5.74) is 0.686. The minimum atomic E-state index is -0.337. The van der Waals surface area contributed by atoms with Gasteiger partial charge < -0.3 is 4.84 Å². The van der Waals surface area contributed by atoms with Gasteiger partial charge in [-0.05, 0) is 42.9 Å². The molecule has 6 atom stereocenters. The molecule has 0 N–H and O–H groups in total. The van der Waals surface area contributed by atoms with E-state index >= 15 is 0 Å². The largest absolute Gasteiger partial charge is 0.399 e. The van der Waals surface area contributed by atoms with Gasteiger partial charge in [-0.25, -0.2) is 0 Å². The topological polar surface area (TPSA) is 55.7 Å². The van der Waals surface area contributed by atoms with Gasteiger partial charge in [-0.2, -0.15) is 0 Å². The number of fused-ring (bicyclic) bond motifs is 5. The number of carbonyl (C=O) groups excluding carboxylic acids is 2. The molecule has 0 aromatic heterocycles. The number of nitrogens with zero attached hydrogens (tertiary/aromatic N) is 1. The third-order valence-electron chi connectivity index (χ3n) is 8.08. The van der Waals surface area contributed by atoms with Gasteiger partial charge in [0.1, 0.15) is 18.7 Å². The van der Waals surface area contributed by atoms with E-state index in [1.807, 2.05) is 0 Å². The van der Waals surface area contributed by atoms with Crippen molar-refractivity contribution in [2.45, 2.75) is 65.2 Å². The van der Waals surface area contributed by atoms with Crippen LogP contribution < -0.4 is 0 Å². The van der Waals surface area contributed by atoms with E-state index in [0.29, 0.717) is 30.3 Å². The van der Waals surface area contributed by atoms with Gasteiger partial charge in [-0.3, -0.25) is 9.59 Å². The third kappa shape index (κ3) is 2.50. The highest BCUT2D eigenvalue weighted by Crippen LogP contribution is 2.64. The second kappa shape index (κ2) is 6.37. The summed E-state index contributed by atoms with van der Waals surface area (Å²) in [6.07, 6.45) is 7.74. The lowest BCUT2D eigenvalue weighted by Gasteiger charge is -2.58. The molecule has 0 amide bonds. The quantitative estimate of drug-likeness (QED) is 0.652. The Labute approximate surface area is 156 Å². The molecule has 4 fully saturated rings. The van der Waals surface area contributed by atoms with Crippen LogP contribution in [-0.4, -0.2) is 24.4 Å². The zero-order valence-corrected chi connectivity index (χ0v) is 16.4. The fraction of sp³-hybridized carbons (Fsp3) is 0.850. The van der Waals surface area contributed by atoms with Gasteiger partial charge in [0, 0.05) is 30.1 Å². The van der Waals surface area contributed by atoms with Gasteiger partial charge in [-0.1, -0.05) is 31.8 Å². The van der Waals surface area contributed by atoms with Crippen molar-refractivity contribution in [3.63, 3.8) is 0 Å². The Morgan fingerprint density at radius 1 is 1.12 bits per heavy atom. The molecule has 25 heavy (non-hydrogen) atoms. The Kier molecular flexibility index (Phi) is 4.81. The Hall–Kier alpha value is -0.900. The summed E-state index contributed by atoms with van der Waals surface area (Å²) < 4.78 is 0. The Balaban J connectivity index is 0.00000182. The second-order valence-corrected chi connectivity index (χ2v) is 9.04. The minimum absolute atomic E-state index is 0. The van der Waals surface area contributed by atoms with E-state index in [2.05, 4.69) is 19.0 Å². The highest BCUT2D eigenvalue weighted by Gasteiger charge is 2.63. The smallest absolute Gasteiger partial charge is 0.145 e. The molecule has 5 heteroatoms. The zero-order valence-electron chi connectivity index (χ0n) is 15.5. The van der Waals surface area contributed by atoms with E-state index in [9.17, 15) is 9.59 Å². The van der Waals surface area contributed by atoms with Crippen LogP contribution >= 0.6 is 12.4 Å². The number of carbonyl (C=O) groups is 2. The van der Waals surface area contributed by atoms with E-state index in [4.69, 9.17) is 4.84 Å². The predicted octanol–water partition coefficient (Wildman–Crippen LogP) is 4.20. The molecule has 0 bridgehead atoms. The van der Waals surface area contributed by atoms with Crippen LogP contribution in [0.25, 0.3) is 0 Å². The monoisotopic (exact) mass is 367 g/mol. The Bertz CT molecular complexity index is 618. The van der Waals surface area contributed by atoms with Gasteiger partial charge in [0.2, 0.25) is 0 Å². The molecular formula is C20H30ClNO3. The van der Waals surface area contributed by atoms with Crippen LogP contribution in [0.3, 0.4) is 0 Å². The molecule has 4 aliphatic carbocycles. The molecule has 0 aliphatic heterocycles. The first-order valence-electron chi connectivity index (χ1n) is 9.58. The van der Waals surface area contributed by atoms with Crippen LogP contribution in [0, 0.1) is 34.5 Å². The maximum absolute atomic E-state index is 13.0. The number of hydrogen-bond donors (Lipinski definition) is 0. The zero-order chi connectivity index (χ0) is 17.1. The van der Waals surface area contributed by atoms with Crippen molar-refractivity contribution < 1.29 is 14.4 Å². The average Bonchev–Trinajstić information content (AvgIpc) is 2.79. The van der Waals surface area contributed by atoms with Crippen molar-refractivity contribution in [3.8, 4) is 0 Å². The highest BCUT2D eigenvalue weighted by molar-refractivity contribution is 6.13. The van der Waals surface area contributed by atoms with Gasteiger partial charge >= 0.3 is 0 Å². The average molecular weight is 368 g/mol. The maximum Gasteiger partial charge on any atom is 0.145 e. The number of halogens is 1. The van der Waals surface area contributed by atoms with Crippen LogP contribution in [0.5, 0.6) is 0 Å². The van der Waals surface area contributed by atoms with Crippen LogP contribution in [0.2, 0.25) is 0 Å². The SMILES string of the molecule is CON=C1CC(=O)[C@@]2(C)CC[C@H]3[C@@H](CC(=O)[C@H]4CCCC[C@@]43C)[C@H]12.Cl. The minimum Gasteiger partial charge on any atom is -0.399 e. The van der Waals surface area contributed by atoms with Crippen molar-refractivity contribution in [3.05, 3.63) is 0 Å². The Morgan fingerprint density at radius 3 is 2.60 bits per heavy atom. The molecule has 0 heterocycles. The van der Waals surface area contributed by atoms with Crippen LogP contribution in [0.15, 0.2) is 5.16 Å². The molecular weight excluding hydrogens is 338 g/mol. The molecule has 0 spiro atoms. The number of Topliss-reactive ketones (excluding diaryl/α,β-unsaturated/α-hetero) is 2. The summed E-state index contributed by atoms with van der Waals surface area (Å²) in [6, 6.07) is 0. The lowest BCUT2D eigenvalue weighted by atomic mass is 9.45. The predicted molar refractivity (Wildman–Crippen MR) is 98.8 cm³/mol. The standard InChI is InChI=1S/C20H29NO3.ClH/c1-19-8-5-4-6-14(19)16(22)10-12-13(19)7-9-20(2)17(23)11-15(18(12)20)21-24-3;/h12-14,18H,4-11H2,1-3H3;1H/t12-,13+,14-,18-,19-,20-;/m1./s1. The van der Waals surface area contributed by atoms with Crippen molar-refractivity contribution >= 4 is 29.7 Å². The lowest BCUT2D eigenvalue weighted by Crippen LogP contribution is -2.56. The first-order chi connectivity index (χ1) is 11.4. The molecule has 4 saturated carbocycles. The van der Waals surface area contributed by atoms with E-state index in [-0.39, 0.29) is 41.0 Å². The molecule has 0 aromatic rings. The van der Waals surface area contributed by atoms with Crippen molar-refractivity contribution in [2.75, 3.05) is 7.11 Å². The molecule has 0 radical (unpaired) electrons. The summed E-state index contributed by atoms with van der Waals surface area (Å²) in [7, 11) is 1.55. The van der Waals surface area contributed by atoms with E-state index in [1.54, 1.807) is 7.11 Å². The number of rotatable bonds is 1. The normalized spacial score (nSPS) is 47.6. The fourth-order valence-corrected chi connectivity index (χ4v) is 6.92. The molecule has 0 aromatic carbocycles. The lowest BCUT2D eigenvalue weighted by molar-refractivity contribution is -0.153. The van der Waals surface area contributed by atoms with Crippen LogP contribution in [-0.2, 0) is 14.4 Å². The summed E-state index contributed by atoms with van der Waals surface area (Å²) in [4.78, 5) is 30.7. The van der Waals surface area contributed by atoms with Gasteiger partial charge in [0.15, 0.2) is 0 Å². The molecule has 4 aliphatic rings. The highest BCUT2D eigenvalue weighted by atomic mass is 35.5. The Morgan fingerprint density at radius 2 is 1.88 bits per heavy atom. The third-order valence-corrected chi connectivity index (χ3v) is 8.08. The van der Waals surface area contributed by atoms with Gasteiger partial charge in [-0.15, -0.1) is 12.4 Å². The van der Waals surface area contributed by atoms with Crippen LogP contribution in [0.4, 0.5) is 0 Å². The summed E-state index contributed by atoms with van der Waals surface area (Å²) in [5.74, 6) is 1.91.